The van der Waals surface area contributed by atoms with Crippen molar-refractivity contribution in [3.63, 3.8) is 0 Å². The van der Waals surface area contributed by atoms with Gasteiger partial charge in [0.25, 0.3) is 5.91 Å². The summed E-state index contributed by atoms with van der Waals surface area (Å²) in [5, 5.41) is 3.43. The predicted molar refractivity (Wildman–Crippen MR) is 92.5 cm³/mol. The second-order valence-corrected chi connectivity index (χ2v) is 6.50. The number of hydrogen-bond acceptors (Lipinski definition) is 2. The first-order valence-corrected chi connectivity index (χ1v) is 7.99. The van der Waals surface area contributed by atoms with Crippen LogP contribution in [0.2, 0.25) is 5.02 Å². The second kappa shape index (κ2) is 6.81. The minimum atomic E-state index is -0.249. The lowest BCUT2D eigenvalue weighted by Gasteiger charge is -2.11. The Morgan fingerprint density at radius 2 is 1.90 bits per heavy atom. The van der Waals surface area contributed by atoms with E-state index >= 15 is 0 Å². The van der Waals surface area contributed by atoms with E-state index in [1.807, 2.05) is 13.0 Å². The van der Waals surface area contributed by atoms with Gasteiger partial charge in [-0.3, -0.25) is 4.79 Å². The van der Waals surface area contributed by atoms with Gasteiger partial charge in [0.2, 0.25) is 0 Å². The standard InChI is InChI=1S/C15H12Br2ClNO2/c1-8-5-12(17)14(7-13(8)18)19-15(20)10-6-9(21-2)3-4-11(10)16/h3-7H,1-2H3,(H,19,20). The number of aryl methyl sites for hydroxylation is 1. The Morgan fingerprint density at radius 3 is 2.57 bits per heavy atom. The molecular weight excluding hydrogens is 421 g/mol. The molecule has 0 heterocycles. The van der Waals surface area contributed by atoms with Crippen LogP contribution >= 0.6 is 43.5 Å². The monoisotopic (exact) mass is 431 g/mol. The van der Waals surface area contributed by atoms with Gasteiger partial charge in [-0.25, -0.2) is 0 Å². The average molecular weight is 434 g/mol. The molecular formula is C15H12Br2ClNO2. The Morgan fingerprint density at radius 1 is 1.19 bits per heavy atom. The predicted octanol–water partition coefficient (Wildman–Crippen LogP) is 5.43. The third kappa shape index (κ3) is 3.78. The Balaban J connectivity index is 2.32. The van der Waals surface area contributed by atoms with Crippen LogP contribution < -0.4 is 10.1 Å². The summed E-state index contributed by atoms with van der Waals surface area (Å²) in [5.74, 6) is 0.366. The second-order valence-electron chi connectivity index (χ2n) is 4.38. The molecule has 6 heteroatoms. The number of carbonyl (C=O) groups excluding carboxylic acids is 1. The third-order valence-corrected chi connectivity index (χ3v) is 4.67. The van der Waals surface area contributed by atoms with Crippen LogP contribution in [0.15, 0.2) is 39.3 Å². The summed E-state index contributed by atoms with van der Waals surface area (Å²) in [4.78, 5) is 12.4. The Bertz CT molecular complexity index is 704. The maximum Gasteiger partial charge on any atom is 0.256 e. The Hall–Kier alpha value is -1.04. The molecule has 0 aliphatic heterocycles. The molecule has 0 aliphatic rings. The smallest absolute Gasteiger partial charge is 0.256 e. The summed E-state index contributed by atoms with van der Waals surface area (Å²) >= 11 is 12.9. The van der Waals surface area contributed by atoms with E-state index < -0.39 is 0 Å². The van der Waals surface area contributed by atoms with Crippen LogP contribution in [0, 0.1) is 6.92 Å². The van der Waals surface area contributed by atoms with Crippen LogP contribution in [-0.4, -0.2) is 13.0 Å². The average Bonchev–Trinajstić information content (AvgIpc) is 2.45. The number of rotatable bonds is 3. The van der Waals surface area contributed by atoms with Crippen LogP contribution in [0.1, 0.15) is 15.9 Å². The van der Waals surface area contributed by atoms with Gasteiger partial charge in [-0.15, -0.1) is 0 Å². The molecule has 0 atom stereocenters. The van der Waals surface area contributed by atoms with E-state index in [1.165, 1.54) is 0 Å². The molecule has 0 aromatic heterocycles. The molecule has 0 bridgehead atoms. The summed E-state index contributed by atoms with van der Waals surface area (Å²) in [6.07, 6.45) is 0. The van der Waals surface area contributed by atoms with Crippen molar-refractivity contribution in [3.8, 4) is 5.75 Å². The highest BCUT2D eigenvalue weighted by Crippen LogP contribution is 2.30. The van der Waals surface area contributed by atoms with Gasteiger partial charge in [-0.1, -0.05) is 11.6 Å². The van der Waals surface area contributed by atoms with E-state index in [4.69, 9.17) is 16.3 Å². The zero-order valence-corrected chi connectivity index (χ0v) is 15.3. The summed E-state index contributed by atoms with van der Waals surface area (Å²) in [7, 11) is 1.56. The summed E-state index contributed by atoms with van der Waals surface area (Å²) in [5.41, 5.74) is 2.03. The molecule has 0 spiro atoms. The van der Waals surface area contributed by atoms with Crippen molar-refractivity contribution in [1.29, 1.82) is 0 Å². The molecule has 110 valence electrons. The van der Waals surface area contributed by atoms with Crippen LogP contribution in [-0.2, 0) is 0 Å². The zero-order chi connectivity index (χ0) is 15.6. The molecule has 2 aromatic carbocycles. The fraction of sp³-hybridized carbons (Fsp3) is 0.133. The number of hydrogen-bond donors (Lipinski definition) is 1. The highest BCUT2D eigenvalue weighted by Gasteiger charge is 2.14. The van der Waals surface area contributed by atoms with E-state index in [0.717, 1.165) is 10.0 Å². The summed E-state index contributed by atoms with van der Waals surface area (Å²) in [6, 6.07) is 8.79. The minimum Gasteiger partial charge on any atom is -0.497 e. The lowest BCUT2D eigenvalue weighted by atomic mass is 10.2. The van der Waals surface area contributed by atoms with Gasteiger partial charge in [0.1, 0.15) is 5.75 Å². The van der Waals surface area contributed by atoms with Crippen molar-refractivity contribution < 1.29 is 9.53 Å². The van der Waals surface area contributed by atoms with Gasteiger partial charge >= 0.3 is 0 Å². The molecule has 0 unspecified atom stereocenters. The largest absolute Gasteiger partial charge is 0.497 e. The minimum absolute atomic E-state index is 0.249. The Labute approximate surface area is 144 Å². The molecule has 2 aromatic rings. The highest BCUT2D eigenvalue weighted by atomic mass is 79.9. The number of carbonyl (C=O) groups is 1. The number of ether oxygens (including phenoxy) is 1. The lowest BCUT2D eigenvalue weighted by Crippen LogP contribution is -2.13. The zero-order valence-electron chi connectivity index (χ0n) is 11.3. The molecule has 0 fully saturated rings. The van der Waals surface area contributed by atoms with Crippen molar-refractivity contribution >= 4 is 55.1 Å². The normalized spacial score (nSPS) is 10.3. The quantitative estimate of drug-likeness (QED) is 0.701. The molecule has 0 aliphatic carbocycles. The summed E-state index contributed by atoms with van der Waals surface area (Å²) in [6.45, 7) is 1.90. The van der Waals surface area contributed by atoms with E-state index in [1.54, 1.807) is 31.4 Å². The van der Waals surface area contributed by atoms with Crippen molar-refractivity contribution in [3.05, 3.63) is 55.4 Å². The lowest BCUT2D eigenvalue weighted by molar-refractivity contribution is 0.102. The van der Waals surface area contributed by atoms with E-state index in [-0.39, 0.29) is 5.91 Å². The number of halogens is 3. The number of nitrogens with one attached hydrogen (secondary N) is 1. The fourth-order valence-corrected chi connectivity index (χ4v) is 2.88. The Kier molecular flexibility index (Phi) is 5.30. The van der Waals surface area contributed by atoms with Gasteiger partial charge in [0, 0.05) is 14.0 Å². The molecule has 1 amide bonds. The SMILES string of the molecule is COc1ccc(Br)c(C(=O)Nc2cc(Cl)c(C)cc2Br)c1. The first-order valence-electron chi connectivity index (χ1n) is 6.03. The molecule has 0 saturated heterocycles. The van der Waals surface area contributed by atoms with E-state index in [2.05, 4.69) is 37.2 Å². The first kappa shape index (κ1) is 16.3. The van der Waals surface area contributed by atoms with E-state index in [9.17, 15) is 4.79 Å². The van der Waals surface area contributed by atoms with Crippen LogP contribution in [0.4, 0.5) is 5.69 Å². The molecule has 1 N–H and O–H groups in total. The topological polar surface area (TPSA) is 38.3 Å². The van der Waals surface area contributed by atoms with Crippen LogP contribution in [0.3, 0.4) is 0 Å². The third-order valence-electron chi connectivity index (χ3n) is 2.91. The number of methoxy groups -OCH3 is 1. The highest BCUT2D eigenvalue weighted by molar-refractivity contribution is 9.11. The number of amides is 1. The maximum absolute atomic E-state index is 12.4. The molecule has 0 saturated carbocycles. The number of benzene rings is 2. The number of anilines is 1. The molecule has 0 radical (unpaired) electrons. The molecule has 2 rings (SSSR count). The molecule has 3 nitrogen and oxygen atoms in total. The summed E-state index contributed by atoms with van der Waals surface area (Å²) < 4.78 is 6.60. The van der Waals surface area contributed by atoms with Gasteiger partial charge in [0.05, 0.1) is 18.4 Å². The van der Waals surface area contributed by atoms with Gasteiger partial charge in [-0.2, -0.15) is 0 Å². The van der Waals surface area contributed by atoms with E-state index in [0.29, 0.717) is 26.5 Å². The van der Waals surface area contributed by atoms with Gasteiger partial charge in [-0.05, 0) is 74.7 Å². The van der Waals surface area contributed by atoms with Gasteiger partial charge < -0.3 is 10.1 Å². The van der Waals surface area contributed by atoms with Crippen molar-refractivity contribution in [1.82, 2.24) is 0 Å². The maximum atomic E-state index is 12.4. The van der Waals surface area contributed by atoms with Crippen molar-refractivity contribution in [2.24, 2.45) is 0 Å². The van der Waals surface area contributed by atoms with Crippen LogP contribution in [0.5, 0.6) is 5.75 Å². The van der Waals surface area contributed by atoms with Crippen LogP contribution in [0.25, 0.3) is 0 Å². The molecule has 21 heavy (non-hydrogen) atoms. The van der Waals surface area contributed by atoms with Crippen molar-refractivity contribution in [2.45, 2.75) is 6.92 Å². The van der Waals surface area contributed by atoms with Crippen molar-refractivity contribution in [2.75, 3.05) is 12.4 Å². The fourth-order valence-electron chi connectivity index (χ4n) is 1.74. The first-order chi connectivity index (χ1) is 9.92. The van der Waals surface area contributed by atoms with Gasteiger partial charge in [0.15, 0.2) is 0 Å².